The quantitative estimate of drug-likeness (QED) is 0.492. The lowest BCUT2D eigenvalue weighted by molar-refractivity contribution is -0.132. The number of nitrogens with zero attached hydrogens (tertiary/aromatic N) is 6. The fourth-order valence-corrected chi connectivity index (χ4v) is 4.97. The lowest BCUT2D eigenvalue weighted by Crippen LogP contribution is -2.49. The largest absolute Gasteiger partial charge is 0.378 e. The summed E-state index contributed by atoms with van der Waals surface area (Å²) in [6.45, 7) is 5.86. The molecule has 0 radical (unpaired) electrons. The van der Waals surface area contributed by atoms with Crippen LogP contribution >= 0.6 is 0 Å². The molecule has 10 nitrogen and oxygen atoms in total. The molecule has 0 bridgehead atoms. The highest BCUT2D eigenvalue weighted by atomic mass is 16.5. The van der Waals surface area contributed by atoms with Gasteiger partial charge in [-0.15, -0.1) is 0 Å². The molecule has 3 aromatic rings. The van der Waals surface area contributed by atoms with Crippen molar-refractivity contribution >= 4 is 17.4 Å². The molecule has 2 aromatic heterocycles. The Hall–Kier alpha value is -4.23. The number of fused-ring (bicyclic) bond motifs is 1. The fraction of sp³-hybridized carbons (Fsp3) is 0.370. The zero-order chi connectivity index (χ0) is 25.8. The van der Waals surface area contributed by atoms with Gasteiger partial charge in [-0.1, -0.05) is 24.3 Å². The van der Waals surface area contributed by atoms with Crippen molar-refractivity contribution in [2.75, 3.05) is 49.2 Å². The summed E-state index contributed by atoms with van der Waals surface area (Å²) in [5.74, 6) is 0.896. The van der Waals surface area contributed by atoms with E-state index in [1.165, 1.54) is 11.1 Å². The number of aromatic nitrogens is 3. The monoisotopic (exact) mass is 499 g/mol. The first-order valence-corrected chi connectivity index (χ1v) is 12.4. The van der Waals surface area contributed by atoms with Crippen LogP contribution in [0.1, 0.15) is 34.7 Å². The lowest BCUT2D eigenvalue weighted by atomic mass is 10.1. The number of anilines is 2. The van der Waals surface area contributed by atoms with E-state index in [4.69, 9.17) is 10.00 Å². The van der Waals surface area contributed by atoms with E-state index >= 15 is 0 Å². The minimum absolute atomic E-state index is 0.0583. The molecule has 5 rings (SSSR count). The van der Waals surface area contributed by atoms with Crippen LogP contribution in [0.15, 0.2) is 53.6 Å². The average Bonchev–Trinajstić information content (AvgIpc) is 3.31. The van der Waals surface area contributed by atoms with Crippen molar-refractivity contribution in [3.05, 3.63) is 81.4 Å². The van der Waals surface area contributed by atoms with Crippen LogP contribution in [0.3, 0.4) is 0 Å². The van der Waals surface area contributed by atoms with Crippen LogP contribution < -0.4 is 15.4 Å². The van der Waals surface area contributed by atoms with Gasteiger partial charge in [0, 0.05) is 44.5 Å². The summed E-state index contributed by atoms with van der Waals surface area (Å²) in [5.41, 5.74) is 4.11. The summed E-state index contributed by atoms with van der Waals surface area (Å²) in [6, 6.07) is 13.8. The smallest absolute Gasteiger partial charge is 0.269 e. The van der Waals surface area contributed by atoms with Crippen molar-refractivity contribution < 1.29 is 9.53 Å². The second-order valence-corrected chi connectivity index (χ2v) is 9.26. The third-order valence-electron chi connectivity index (χ3n) is 7.09. The van der Waals surface area contributed by atoms with Gasteiger partial charge in [-0.2, -0.15) is 10.4 Å². The number of carbonyl (C=O) groups excluding carboxylic acids is 1. The Morgan fingerprint density at radius 1 is 1.16 bits per heavy atom. The van der Waals surface area contributed by atoms with Crippen LogP contribution in [0.4, 0.5) is 11.5 Å². The Morgan fingerprint density at radius 2 is 1.97 bits per heavy atom. The molecule has 0 aliphatic carbocycles. The van der Waals surface area contributed by atoms with Gasteiger partial charge in [0.05, 0.1) is 43.1 Å². The molecule has 4 heterocycles. The number of amides is 1. The molecule has 2 aliphatic rings. The topological polar surface area (TPSA) is 118 Å². The Balaban J connectivity index is 1.14. The summed E-state index contributed by atoms with van der Waals surface area (Å²) in [6.07, 6.45) is 3.57. The van der Waals surface area contributed by atoms with E-state index in [-0.39, 0.29) is 17.5 Å². The number of benzene rings is 1. The van der Waals surface area contributed by atoms with Crippen LogP contribution in [-0.4, -0.2) is 65.4 Å². The third-order valence-corrected chi connectivity index (χ3v) is 7.09. The van der Waals surface area contributed by atoms with Gasteiger partial charge in [0.2, 0.25) is 5.91 Å². The molecule has 190 valence electrons. The summed E-state index contributed by atoms with van der Waals surface area (Å²) in [4.78, 5) is 35.5. The maximum absolute atomic E-state index is 12.8. The average molecular weight is 500 g/mol. The first kappa shape index (κ1) is 24.5. The van der Waals surface area contributed by atoms with Gasteiger partial charge < -0.3 is 19.4 Å². The SMILES string of the molecule is Cc1c(N2Cc3ccccc3[C@H]2COCCC(=O)N2CCN(c3ccc(C#N)cn3)CC2)cn[nH]c1=O. The maximum Gasteiger partial charge on any atom is 0.269 e. The Bertz CT molecular complexity index is 1360. The molecule has 2 aliphatic heterocycles. The predicted octanol–water partition coefficient (Wildman–Crippen LogP) is 2.16. The van der Waals surface area contributed by atoms with Crippen molar-refractivity contribution in [1.82, 2.24) is 20.1 Å². The Kier molecular flexibility index (Phi) is 7.14. The van der Waals surface area contributed by atoms with Gasteiger partial charge in [-0.05, 0) is 30.2 Å². The zero-order valence-corrected chi connectivity index (χ0v) is 20.8. The van der Waals surface area contributed by atoms with Crippen molar-refractivity contribution in [3.8, 4) is 6.07 Å². The van der Waals surface area contributed by atoms with Gasteiger partial charge in [0.15, 0.2) is 0 Å². The number of aromatic amines is 1. The second-order valence-electron chi connectivity index (χ2n) is 9.26. The van der Waals surface area contributed by atoms with Crippen LogP contribution in [0.25, 0.3) is 0 Å². The van der Waals surface area contributed by atoms with Crippen molar-refractivity contribution in [2.45, 2.75) is 25.9 Å². The number of hydrogen-bond acceptors (Lipinski definition) is 8. The molecule has 10 heteroatoms. The maximum atomic E-state index is 12.8. The number of carbonyl (C=O) groups is 1. The number of H-pyrrole nitrogens is 1. The van der Waals surface area contributed by atoms with E-state index in [1.807, 2.05) is 23.1 Å². The Morgan fingerprint density at radius 3 is 2.73 bits per heavy atom. The molecule has 1 N–H and O–H groups in total. The first-order valence-electron chi connectivity index (χ1n) is 12.4. The van der Waals surface area contributed by atoms with E-state index in [0.717, 1.165) is 11.5 Å². The molecule has 0 unspecified atom stereocenters. The normalized spacial score (nSPS) is 17.0. The summed E-state index contributed by atoms with van der Waals surface area (Å²) >= 11 is 0. The molecule has 37 heavy (non-hydrogen) atoms. The number of piperazine rings is 1. The van der Waals surface area contributed by atoms with Gasteiger partial charge >= 0.3 is 0 Å². The number of pyridine rings is 1. The van der Waals surface area contributed by atoms with Gasteiger partial charge in [0.1, 0.15) is 11.9 Å². The first-order chi connectivity index (χ1) is 18.0. The zero-order valence-electron chi connectivity index (χ0n) is 20.8. The molecular weight excluding hydrogens is 470 g/mol. The molecule has 1 amide bonds. The third kappa shape index (κ3) is 5.17. The van der Waals surface area contributed by atoms with Gasteiger partial charge in [0.25, 0.3) is 5.56 Å². The van der Waals surface area contributed by atoms with Crippen molar-refractivity contribution in [3.63, 3.8) is 0 Å². The van der Waals surface area contributed by atoms with Gasteiger partial charge in [-0.25, -0.2) is 10.1 Å². The van der Waals surface area contributed by atoms with Crippen molar-refractivity contribution in [2.24, 2.45) is 0 Å². The van der Waals surface area contributed by atoms with E-state index < -0.39 is 0 Å². The highest BCUT2D eigenvalue weighted by Crippen LogP contribution is 2.38. The minimum Gasteiger partial charge on any atom is -0.378 e. The van der Waals surface area contributed by atoms with Crippen LogP contribution in [0.5, 0.6) is 0 Å². The highest BCUT2D eigenvalue weighted by Gasteiger charge is 2.32. The molecule has 1 aromatic carbocycles. The number of ether oxygens (including phenoxy) is 1. The molecular formula is C27H29N7O3. The van der Waals surface area contributed by atoms with E-state index in [0.29, 0.717) is 63.5 Å². The predicted molar refractivity (Wildman–Crippen MR) is 138 cm³/mol. The minimum atomic E-state index is -0.200. The molecule has 0 saturated carbocycles. The molecule has 1 saturated heterocycles. The molecule has 0 spiro atoms. The number of rotatable bonds is 7. The standard InChI is InChI=1S/C27H29N7O3/c1-19-23(16-30-31-27(19)36)34-17-21-4-2-3-5-22(21)24(34)18-37-13-8-26(35)33-11-9-32(10-12-33)25-7-6-20(14-28)15-29-25/h2-7,15-16,24H,8-13,17-18H2,1H3,(H,31,36)/t24-/m1/s1. The Labute approximate surface area is 215 Å². The van der Waals surface area contributed by atoms with Crippen LogP contribution in [-0.2, 0) is 16.1 Å². The molecule has 1 atom stereocenters. The van der Waals surface area contributed by atoms with Gasteiger partial charge in [-0.3, -0.25) is 9.59 Å². The van der Waals surface area contributed by atoms with Crippen LogP contribution in [0.2, 0.25) is 0 Å². The van der Waals surface area contributed by atoms with E-state index in [9.17, 15) is 9.59 Å². The highest BCUT2D eigenvalue weighted by molar-refractivity contribution is 5.76. The summed E-state index contributed by atoms with van der Waals surface area (Å²) < 4.78 is 6.03. The molecule has 1 fully saturated rings. The summed E-state index contributed by atoms with van der Waals surface area (Å²) in [7, 11) is 0. The summed E-state index contributed by atoms with van der Waals surface area (Å²) in [5, 5.41) is 15.4. The van der Waals surface area contributed by atoms with Crippen LogP contribution in [0, 0.1) is 18.3 Å². The number of nitrogens with one attached hydrogen (secondary N) is 1. The lowest BCUT2D eigenvalue weighted by Gasteiger charge is -2.35. The van der Waals surface area contributed by atoms with Crippen molar-refractivity contribution in [1.29, 1.82) is 5.26 Å². The number of nitriles is 1. The fourth-order valence-electron chi connectivity index (χ4n) is 4.97. The number of hydrogen-bond donors (Lipinski definition) is 1. The second kappa shape index (κ2) is 10.8. The van der Waals surface area contributed by atoms with E-state index in [2.05, 4.69) is 43.2 Å². The van der Waals surface area contributed by atoms with E-state index in [1.54, 1.807) is 25.4 Å².